The van der Waals surface area contributed by atoms with E-state index in [1.807, 2.05) is 12.1 Å². The van der Waals surface area contributed by atoms with E-state index in [0.717, 1.165) is 17.7 Å². The molecule has 0 bridgehead atoms. The maximum atomic E-state index is 12.8. The van der Waals surface area contributed by atoms with Crippen LogP contribution in [0.2, 0.25) is 0 Å². The van der Waals surface area contributed by atoms with Gasteiger partial charge in [-0.15, -0.1) is 24.0 Å². The largest absolute Gasteiger partial charge is 0.497 e. The Morgan fingerprint density at radius 3 is 2.32 bits per heavy atom. The van der Waals surface area contributed by atoms with Gasteiger partial charge in [0.15, 0.2) is 5.96 Å². The van der Waals surface area contributed by atoms with E-state index in [1.165, 1.54) is 6.07 Å². The third-order valence-electron chi connectivity index (χ3n) is 3.88. The summed E-state index contributed by atoms with van der Waals surface area (Å²) in [5.74, 6) is 1.81. The Morgan fingerprint density at radius 2 is 1.71 bits per heavy atom. The highest BCUT2D eigenvalue weighted by atomic mass is 127. The van der Waals surface area contributed by atoms with Crippen LogP contribution in [0.5, 0.6) is 11.5 Å². The van der Waals surface area contributed by atoms with E-state index < -0.39 is 11.7 Å². The maximum Gasteiger partial charge on any atom is 0.416 e. The fourth-order valence-corrected chi connectivity index (χ4v) is 2.44. The van der Waals surface area contributed by atoms with Gasteiger partial charge in [-0.3, -0.25) is 4.99 Å². The lowest BCUT2D eigenvalue weighted by atomic mass is 10.1. The van der Waals surface area contributed by atoms with Crippen molar-refractivity contribution >= 4 is 29.9 Å². The molecular formula is C19H23F3IN3O2. The van der Waals surface area contributed by atoms with E-state index >= 15 is 0 Å². The molecule has 0 aromatic heterocycles. The molecule has 28 heavy (non-hydrogen) atoms. The summed E-state index contributed by atoms with van der Waals surface area (Å²) in [4.78, 5) is 4.09. The van der Waals surface area contributed by atoms with Gasteiger partial charge in [-0.25, -0.2) is 0 Å². The highest BCUT2D eigenvalue weighted by Gasteiger charge is 2.30. The molecule has 9 heteroatoms. The van der Waals surface area contributed by atoms with Crippen molar-refractivity contribution in [2.45, 2.75) is 19.3 Å². The number of nitrogens with one attached hydrogen (secondary N) is 2. The Labute approximate surface area is 179 Å². The number of methoxy groups -OCH3 is 2. The molecule has 0 atom stereocenters. The second kappa shape index (κ2) is 11.0. The molecule has 0 saturated heterocycles. The second-order valence-electron chi connectivity index (χ2n) is 5.66. The summed E-state index contributed by atoms with van der Waals surface area (Å²) in [5.41, 5.74) is 0.725. The minimum absolute atomic E-state index is 0. The first-order valence-electron chi connectivity index (χ1n) is 8.19. The molecule has 0 aliphatic carbocycles. The number of aliphatic imine (C=N–C) groups is 1. The van der Waals surface area contributed by atoms with Crippen LogP contribution in [-0.4, -0.2) is 27.2 Å². The first-order chi connectivity index (χ1) is 12.9. The summed E-state index contributed by atoms with van der Waals surface area (Å²) in [7, 11) is 4.73. The quantitative estimate of drug-likeness (QED) is 0.348. The molecule has 154 valence electrons. The van der Waals surface area contributed by atoms with Gasteiger partial charge in [0.05, 0.1) is 19.8 Å². The first kappa shape index (κ1) is 23.9. The number of rotatable bonds is 6. The van der Waals surface area contributed by atoms with Crippen LogP contribution in [0.1, 0.15) is 16.7 Å². The number of alkyl halides is 3. The fourth-order valence-electron chi connectivity index (χ4n) is 2.44. The normalized spacial score (nSPS) is 11.4. The monoisotopic (exact) mass is 509 g/mol. The molecule has 2 N–H and O–H groups in total. The average molecular weight is 509 g/mol. The van der Waals surface area contributed by atoms with Crippen molar-refractivity contribution in [3.63, 3.8) is 0 Å². The van der Waals surface area contributed by atoms with Gasteiger partial charge in [0.2, 0.25) is 0 Å². The van der Waals surface area contributed by atoms with Crippen molar-refractivity contribution in [3.8, 4) is 11.5 Å². The Hall–Kier alpha value is -2.17. The molecule has 0 heterocycles. The molecule has 2 aromatic carbocycles. The van der Waals surface area contributed by atoms with Crippen LogP contribution in [0, 0.1) is 0 Å². The molecule has 0 spiro atoms. The van der Waals surface area contributed by atoms with Crippen molar-refractivity contribution < 1.29 is 22.6 Å². The Balaban J connectivity index is 0.00000392. The minimum Gasteiger partial charge on any atom is -0.497 e. The number of hydrogen-bond acceptors (Lipinski definition) is 3. The molecule has 2 rings (SSSR count). The number of nitrogens with zero attached hydrogens (tertiary/aromatic N) is 1. The van der Waals surface area contributed by atoms with Crippen LogP contribution in [0.15, 0.2) is 47.5 Å². The average Bonchev–Trinajstić information content (AvgIpc) is 2.67. The van der Waals surface area contributed by atoms with Gasteiger partial charge in [0, 0.05) is 31.8 Å². The molecule has 2 aromatic rings. The zero-order valence-electron chi connectivity index (χ0n) is 15.8. The predicted molar refractivity (Wildman–Crippen MR) is 113 cm³/mol. The van der Waals surface area contributed by atoms with Crippen LogP contribution in [-0.2, 0) is 19.3 Å². The highest BCUT2D eigenvalue weighted by molar-refractivity contribution is 14.0. The van der Waals surface area contributed by atoms with Crippen LogP contribution in [0.4, 0.5) is 13.2 Å². The third-order valence-corrected chi connectivity index (χ3v) is 3.88. The third kappa shape index (κ3) is 6.77. The van der Waals surface area contributed by atoms with Crippen molar-refractivity contribution in [2.24, 2.45) is 4.99 Å². The molecule has 0 saturated carbocycles. The lowest BCUT2D eigenvalue weighted by Gasteiger charge is -2.15. The molecule has 0 fully saturated rings. The summed E-state index contributed by atoms with van der Waals surface area (Å²) < 4.78 is 48.9. The van der Waals surface area contributed by atoms with Gasteiger partial charge in [-0.2, -0.15) is 13.2 Å². The lowest BCUT2D eigenvalue weighted by molar-refractivity contribution is -0.137. The second-order valence-corrected chi connectivity index (χ2v) is 5.66. The molecule has 0 aliphatic rings. The zero-order chi connectivity index (χ0) is 19.9. The van der Waals surface area contributed by atoms with Gasteiger partial charge in [-0.05, 0) is 29.8 Å². The topological polar surface area (TPSA) is 54.9 Å². The Kier molecular flexibility index (Phi) is 9.36. The van der Waals surface area contributed by atoms with Gasteiger partial charge in [-0.1, -0.05) is 12.1 Å². The SMILES string of the molecule is CN=C(NCc1cccc(C(F)(F)F)c1)NCc1ccc(OC)cc1OC.I. The summed E-state index contributed by atoms with van der Waals surface area (Å²) >= 11 is 0. The number of guanidine groups is 1. The molecule has 0 aliphatic heterocycles. The molecular weight excluding hydrogens is 486 g/mol. The molecule has 0 amide bonds. The Morgan fingerprint density at radius 1 is 1.00 bits per heavy atom. The summed E-state index contributed by atoms with van der Waals surface area (Å²) in [5, 5.41) is 6.11. The number of benzene rings is 2. The van der Waals surface area contributed by atoms with E-state index in [-0.39, 0.29) is 30.5 Å². The summed E-state index contributed by atoms with van der Waals surface area (Å²) in [6.45, 7) is 0.638. The number of halogens is 4. The van der Waals surface area contributed by atoms with Gasteiger partial charge < -0.3 is 20.1 Å². The van der Waals surface area contributed by atoms with Crippen LogP contribution >= 0.6 is 24.0 Å². The van der Waals surface area contributed by atoms with Crippen molar-refractivity contribution in [2.75, 3.05) is 21.3 Å². The van der Waals surface area contributed by atoms with E-state index in [0.29, 0.717) is 29.6 Å². The minimum atomic E-state index is -4.36. The van der Waals surface area contributed by atoms with E-state index in [1.54, 1.807) is 33.4 Å². The maximum absolute atomic E-state index is 12.8. The van der Waals surface area contributed by atoms with Gasteiger partial charge in [0.1, 0.15) is 11.5 Å². The lowest BCUT2D eigenvalue weighted by Crippen LogP contribution is -2.36. The number of hydrogen-bond donors (Lipinski definition) is 2. The van der Waals surface area contributed by atoms with Gasteiger partial charge in [0.25, 0.3) is 0 Å². The Bertz CT molecular complexity index is 798. The van der Waals surface area contributed by atoms with Crippen molar-refractivity contribution in [1.29, 1.82) is 0 Å². The van der Waals surface area contributed by atoms with Crippen LogP contribution in [0.3, 0.4) is 0 Å². The fraction of sp³-hybridized carbons (Fsp3) is 0.316. The number of ether oxygens (including phenoxy) is 2. The van der Waals surface area contributed by atoms with E-state index in [2.05, 4.69) is 15.6 Å². The molecule has 0 radical (unpaired) electrons. The van der Waals surface area contributed by atoms with Crippen molar-refractivity contribution in [1.82, 2.24) is 10.6 Å². The zero-order valence-corrected chi connectivity index (χ0v) is 18.1. The van der Waals surface area contributed by atoms with Gasteiger partial charge >= 0.3 is 6.18 Å². The predicted octanol–water partition coefficient (Wildman–Crippen LogP) is 4.21. The van der Waals surface area contributed by atoms with E-state index in [9.17, 15) is 13.2 Å². The molecule has 0 unspecified atom stereocenters. The smallest absolute Gasteiger partial charge is 0.416 e. The van der Waals surface area contributed by atoms with Crippen LogP contribution < -0.4 is 20.1 Å². The molecule has 5 nitrogen and oxygen atoms in total. The summed E-state index contributed by atoms with van der Waals surface area (Å²) in [6.07, 6.45) is -4.36. The first-order valence-corrected chi connectivity index (χ1v) is 8.19. The summed E-state index contributed by atoms with van der Waals surface area (Å²) in [6, 6.07) is 10.6. The van der Waals surface area contributed by atoms with Crippen LogP contribution in [0.25, 0.3) is 0 Å². The van der Waals surface area contributed by atoms with E-state index in [4.69, 9.17) is 9.47 Å². The standard InChI is InChI=1S/C19H22F3N3O2.HI/c1-23-18(24-11-13-5-4-6-15(9-13)19(20,21)22)25-12-14-7-8-16(26-2)10-17(14)27-3;/h4-10H,11-12H2,1-3H3,(H2,23,24,25);1H. The van der Waals surface area contributed by atoms with Crippen molar-refractivity contribution in [3.05, 3.63) is 59.2 Å². The highest BCUT2D eigenvalue weighted by Crippen LogP contribution is 2.29.